The van der Waals surface area contributed by atoms with Crippen molar-refractivity contribution >= 4 is 34.7 Å². The quantitative estimate of drug-likeness (QED) is 0.359. The molecule has 13 heavy (non-hydrogen) atoms. The van der Waals surface area contributed by atoms with Gasteiger partial charge in [-0.1, -0.05) is 11.6 Å². The molecule has 0 aromatic heterocycles. The third kappa shape index (κ3) is 1.87. The molecule has 6 heteroatoms. The predicted octanol–water partition coefficient (Wildman–Crippen LogP) is 2.55. The molecule has 0 atom stereocenters. The summed E-state index contributed by atoms with van der Waals surface area (Å²) < 4.78 is 0. The van der Waals surface area contributed by atoms with Crippen LogP contribution in [0.4, 0.5) is 11.4 Å². The van der Waals surface area contributed by atoms with Gasteiger partial charge in [-0.2, -0.15) is 0 Å². The van der Waals surface area contributed by atoms with Gasteiger partial charge < -0.3 is 5.73 Å². The number of hydrogen-bond acceptors (Lipinski definition) is 4. The fourth-order valence-electron chi connectivity index (χ4n) is 0.899. The molecule has 0 unspecified atom stereocenters. The van der Waals surface area contributed by atoms with Gasteiger partial charge in [-0.05, 0) is 12.3 Å². The molecule has 1 rings (SSSR count). The van der Waals surface area contributed by atoms with Crippen molar-refractivity contribution in [3.05, 3.63) is 27.3 Å². The van der Waals surface area contributed by atoms with Crippen LogP contribution in [-0.4, -0.2) is 11.2 Å². The van der Waals surface area contributed by atoms with Gasteiger partial charge in [0.1, 0.15) is 4.90 Å². The maximum Gasteiger partial charge on any atom is 0.284 e. The zero-order chi connectivity index (χ0) is 10.0. The van der Waals surface area contributed by atoms with E-state index >= 15 is 0 Å². The molecule has 70 valence electrons. The number of thioether (sulfide) groups is 1. The minimum Gasteiger partial charge on any atom is -0.397 e. The van der Waals surface area contributed by atoms with Gasteiger partial charge in [0, 0.05) is 6.07 Å². The second-order valence-electron chi connectivity index (χ2n) is 2.28. The summed E-state index contributed by atoms with van der Waals surface area (Å²) in [4.78, 5) is 10.5. The number of nitrogen functional groups attached to an aromatic ring is 1. The van der Waals surface area contributed by atoms with Crippen molar-refractivity contribution in [2.24, 2.45) is 0 Å². The maximum atomic E-state index is 10.5. The lowest BCUT2D eigenvalue weighted by Crippen LogP contribution is -1.94. The Morgan fingerprint density at radius 2 is 2.23 bits per heavy atom. The van der Waals surface area contributed by atoms with Crippen molar-refractivity contribution in [1.29, 1.82) is 0 Å². The summed E-state index contributed by atoms with van der Waals surface area (Å²) in [5.41, 5.74) is 5.85. The summed E-state index contributed by atoms with van der Waals surface area (Å²) in [6.07, 6.45) is 1.72. The number of anilines is 1. The number of halogens is 1. The first-order valence-corrected chi connectivity index (χ1v) is 4.94. The van der Waals surface area contributed by atoms with Gasteiger partial charge in [0.2, 0.25) is 0 Å². The number of nitro benzene ring substituents is 1. The largest absolute Gasteiger partial charge is 0.397 e. The molecule has 0 aliphatic rings. The van der Waals surface area contributed by atoms with Crippen molar-refractivity contribution in [1.82, 2.24) is 0 Å². The Bertz CT molecular complexity index is 357. The van der Waals surface area contributed by atoms with Crippen molar-refractivity contribution in [2.75, 3.05) is 12.0 Å². The van der Waals surface area contributed by atoms with E-state index < -0.39 is 4.92 Å². The third-order valence-electron chi connectivity index (χ3n) is 1.51. The topological polar surface area (TPSA) is 69.2 Å². The lowest BCUT2D eigenvalue weighted by Gasteiger charge is -2.03. The molecule has 0 aliphatic heterocycles. The molecule has 0 saturated carbocycles. The van der Waals surface area contributed by atoms with Crippen LogP contribution in [0.5, 0.6) is 0 Å². The molecule has 0 bridgehead atoms. The first-order chi connectivity index (χ1) is 6.07. The van der Waals surface area contributed by atoms with Crippen LogP contribution in [0.2, 0.25) is 5.02 Å². The number of rotatable bonds is 2. The average molecular weight is 219 g/mol. The number of nitro groups is 1. The van der Waals surface area contributed by atoms with E-state index in [1.807, 2.05) is 0 Å². The fraction of sp³-hybridized carbons (Fsp3) is 0.143. The van der Waals surface area contributed by atoms with E-state index in [9.17, 15) is 10.1 Å². The SMILES string of the molecule is CSc1c([N+](=O)[O-])ccc(N)c1Cl. The summed E-state index contributed by atoms with van der Waals surface area (Å²) in [5.74, 6) is 0. The van der Waals surface area contributed by atoms with Gasteiger partial charge >= 0.3 is 0 Å². The molecule has 1 aromatic carbocycles. The van der Waals surface area contributed by atoms with Gasteiger partial charge in [-0.3, -0.25) is 10.1 Å². The van der Waals surface area contributed by atoms with Crippen molar-refractivity contribution in [2.45, 2.75) is 4.90 Å². The van der Waals surface area contributed by atoms with E-state index in [0.29, 0.717) is 10.6 Å². The highest BCUT2D eigenvalue weighted by atomic mass is 35.5. The number of nitrogens with two attached hydrogens (primary N) is 1. The standard InChI is InChI=1S/C7H7ClN2O2S/c1-13-7-5(10(11)12)3-2-4(9)6(7)8/h2-3H,9H2,1H3. The normalized spacial score (nSPS) is 10.0. The molecule has 0 heterocycles. The second kappa shape index (κ2) is 3.85. The van der Waals surface area contributed by atoms with E-state index in [4.69, 9.17) is 17.3 Å². The Balaban J connectivity index is 3.38. The van der Waals surface area contributed by atoms with Gasteiger partial charge in [-0.25, -0.2) is 0 Å². The minimum atomic E-state index is -0.475. The number of hydrogen-bond donors (Lipinski definition) is 1. The Labute approximate surface area is 84.2 Å². The highest BCUT2D eigenvalue weighted by Crippen LogP contribution is 2.37. The smallest absolute Gasteiger partial charge is 0.284 e. The third-order valence-corrected chi connectivity index (χ3v) is 2.85. The summed E-state index contributed by atoms with van der Waals surface area (Å²) >= 11 is 7.00. The van der Waals surface area contributed by atoms with Crippen molar-refractivity contribution in [3.8, 4) is 0 Å². The van der Waals surface area contributed by atoms with E-state index in [-0.39, 0.29) is 10.7 Å². The van der Waals surface area contributed by atoms with Crippen molar-refractivity contribution in [3.63, 3.8) is 0 Å². The zero-order valence-corrected chi connectivity index (χ0v) is 8.35. The van der Waals surface area contributed by atoms with Crippen LogP contribution in [0, 0.1) is 10.1 Å². The highest BCUT2D eigenvalue weighted by molar-refractivity contribution is 7.98. The van der Waals surface area contributed by atoms with Gasteiger partial charge in [-0.15, -0.1) is 11.8 Å². The molecular weight excluding hydrogens is 212 g/mol. The van der Waals surface area contributed by atoms with Gasteiger partial charge in [0.15, 0.2) is 0 Å². The first kappa shape index (κ1) is 10.1. The molecule has 0 radical (unpaired) electrons. The molecule has 0 spiro atoms. The van der Waals surface area contributed by atoms with Crippen LogP contribution in [0.1, 0.15) is 0 Å². The minimum absolute atomic E-state index is 0.00769. The second-order valence-corrected chi connectivity index (χ2v) is 3.47. The monoisotopic (exact) mass is 218 g/mol. The molecule has 1 aromatic rings. The summed E-state index contributed by atoms with van der Waals surface area (Å²) in [5, 5.41) is 10.8. The van der Waals surface area contributed by atoms with E-state index in [1.165, 1.54) is 23.9 Å². The lowest BCUT2D eigenvalue weighted by molar-refractivity contribution is -0.387. The van der Waals surface area contributed by atoms with Crippen molar-refractivity contribution < 1.29 is 4.92 Å². The Kier molecular flexibility index (Phi) is 3.00. The molecule has 2 N–H and O–H groups in total. The first-order valence-electron chi connectivity index (χ1n) is 3.34. The Hall–Kier alpha value is -0.940. The number of nitrogens with zero attached hydrogens (tertiary/aromatic N) is 1. The molecular formula is C7H7ClN2O2S. The average Bonchev–Trinajstić information content (AvgIpc) is 2.09. The van der Waals surface area contributed by atoms with E-state index in [0.717, 1.165) is 0 Å². The van der Waals surface area contributed by atoms with Gasteiger partial charge in [0.25, 0.3) is 5.69 Å². The molecule has 0 fully saturated rings. The fourth-order valence-corrected chi connectivity index (χ4v) is 1.94. The van der Waals surface area contributed by atoms with Crippen LogP contribution < -0.4 is 5.73 Å². The van der Waals surface area contributed by atoms with Crippen LogP contribution in [0.15, 0.2) is 17.0 Å². The zero-order valence-electron chi connectivity index (χ0n) is 6.78. The summed E-state index contributed by atoms with van der Waals surface area (Å²) in [7, 11) is 0. The van der Waals surface area contributed by atoms with Crippen LogP contribution in [0.3, 0.4) is 0 Å². The van der Waals surface area contributed by atoms with E-state index in [1.54, 1.807) is 6.26 Å². The molecule has 0 saturated heterocycles. The lowest BCUT2D eigenvalue weighted by atomic mass is 10.3. The van der Waals surface area contributed by atoms with Crippen LogP contribution >= 0.6 is 23.4 Å². The van der Waals surface area contributed by atoms with E-state index in [2.05, 4.69) is 0 Å². The Morgan fingerprint density at radius 3 is 2.69 bits per heavy atom. The highest BCUT2D eigenvalue weighted by Gasteiger charge is 2.17. The molecule has 4 nitrogen and oxygen atoms in total. The van der Waals surface area contributed by atoms with Gasteiger partial charge in [0.05, 0.1) is 15.6 Å². The predicted molar refractivity (Wildman–Crippen MR) is 54.3 cm³/mol. The molecule has 0 aliphatic carbocycles. The van der Waals surface area contributed by atoms with Crippen LogP contribution in [-0.2, 0) is 0 Å². The molecule has 0 amide bonds. The maximum absolute atomic E-state index is 10.5. The summed E-state index contributed by atoms with van der Waals surface area (Å²) in [6, 6.07) is 2.78. The van der Waals surface area contributed by atoms with Crippen LogP contribution in [0.25, 0.3) is 0 Å². The summed E-state index contributed by atoms with van der Waals surface area (Å²) in [6.45, 7) is 0. The Morgan fingerprint density at radius 1 is 1.62 bits per heavy atom. The number of benzene rings is 1.